The highest BCUT2D eigenvalue weighted by atomic mass is 32.1. The number of anilines is 2. The van der Waals surface area contributed by atoms with Crippen LogP contribution in [0.3, 0.4) is 0 Å². The highest BCUT2D eigenvalue weighted by Crippen LogP contribution is 2.30. The van der Waals surface area contributed by atoms with Crippen molar-refractivity contribution in [2.24, 2.45) is 0 Å². The van der Waals surface area contributed by atoms with Gasteiger partial charge in [-0.05, 0) is 13.1 Å². The molecule has 2 heterocycles. The van der Waals surface area contributed by atoms with Crippen molar-refractivity contribution < 1.29 is 9.53 Å². The van der Waals surface area contributed by atoms with Crippen LogP contribution in [0.25, 0.3) is 0 Å². The molecule has 1 unspecified atom stereocenters. The fourth-order valence-electron chi connectivity index (χ4n) is 2.07. The Balaban J connectivity index is 1.93. The topological polar surface area (TPSA) is 70.8 Å². The van der Waals surface area contributed by atoms with Crippen molar-refractivity contribution in [2.45, 2.75) is 6.10 Å². The molecular formula is C13H22N4O2S. The zero-order valence-electron chi connectivity index (χ0n) is 12.2. The van der Waals surface area contributed by atoms with E-state index in [-0.39, 0.29) is 12.0 Å². The van der Waals surface area contributed by atoms with E-state index in [0.717, 1.165) is 31.2 Å². The van der Waals surface area contributed by atoms with E-state index in [0.29, 0.717) is 10.6 Å². The second-order valence-corrected chi connectivity index (χ2v) is 6.28. The van der Waals surface area contributed by atoms with Crippen LogP contribution >= 0.6 is 11.3 Å². The molecule has 1 saturated heterocycles. The number of hydrogen-bond donors (Lipinski definition) is 2. The van der Waals surface area contributed by atoms with Gasteiger partial charge < -0.3 is 25.6 Å². The summed E-state index contributed by atoms with van der Waals surface area (Å²) in [7, 11) is 5.53. The molecule has 3 N–H and O–H groups in total. The summed E-state index contributed by atoms with van der Waals surface area (Å²) >= 11 is 1.39. The van der Waals surface area contributed by atoms with Gasteiger partial charge in [0.2, 0.25) is 0 Å². The third-order valence-corrected chi connectivity index (χ3v) is 4.30. The summed E-state index contributed by atoms with van der Waals surface area (Å²) in [6.45, 7) is 3.38. The average Bonchev–Trinajstić information content (AvgIpc) is 2.77. The largest absolute Gasteiger partial charge is 0.397 e. The minimum Gasteiger partial charge on any atom is -0.397 e. The molecule has 2 rings (SSSR count). The van der Waals surface area contributed by atoms with Crippen molar-refractivity contribution in [3.8, 4) is 0 Å². The van der Waals surface area contributed by atoms with E-state index in [1.54, 1.807) is 14.1 Å². The Morgan fingerprint density at radius 2 is 2.40 bits per heavy atom. The molecule has 0 aromatic carbocycles. The van der Waals surface area contributed by atoms with Crippen LogP contribution in [0.4, 0.5) is 10.7 Å². The number of likely N-dealkylation sites (N-methyl/N-ethyl adjacent to an activating group) is 1. The minimum atomic E-state index is -0.0609. The van der Waals surface area contributed by atoms with Crippen molar-refractivity contribution in [2.75, 3.05) is 58.4 Å². The number of rotatable bonds is 4. The lowest BCUT2D eigenvalue weighted by molar-refractivity contribution is -0.0116. The van der Waals surface area contributed by atoms with Gasteiger partial charge in [0.15, 0.2) is 0 Å². The van der Waals surface area contributed by atoms with E-state index >= 15 is 0 Å². The average molecular weight is 298 g/mol. The van der Waals surface area contributed by atoms with Crippen LogP contribution in [0.15, 0.2) is 6.07 Å². The SMILES string of the molecule is CN1CCOC(CNc2cc(N)c(C(=O)N(C)C)s2)C1. The number of carbonyl (C=O) groups is 1. The van der Waals surface area contributed by atoms with E-state index in [1.807, 2.05) is 6.07 Å². The van der Waals surface area contributed by atoms with Crippen LogP contribution in [0, 0.1) is 0 Å². The van der Waals surface area contributed by atoms with Gasteiger partial charge in [-0.25, -0.2) is 0 Å². The van der Waals surface area contributed by atoms with Crippen molar-refractivity contribution in [1.82, 2.24) is 9.80 Å². The first-order valence-electron chi connectivity index (χ1n) is 6.62. The van der Waals surface area contributed by atoms with Crippen molar-refractivity contribution >= 4 is 27.9 Å². The van der Waals surface area contributed by atoms with E-state index in [1.165, 1.54) is 16.2 Å². The summed E-state index contributed by atoms with van der Waals surface area (Å²) in [5.41, 5.74) is 6.42. The number of morpholine rings is 1. The zero-order chi connectivity index (χ0) is 14.7. The van der Waals surface area contributed by atoms with Crippen molar-refractivity contribution in [3.05, 3.63) is 10.9 Å². The summed E-state index contributed by atoms with van der Waals surface area (Å²) in [5, 5.41) is 4.21. The van der Waals surface area contributed by atoms with Gasteiger partial charge in [0.1, 0.15) is 4.88 Å². The minimum absolute atomic E-state index is 0.0609. The molecule has 0 bridgehead atoms. The van der Waals surface area contributed by atoms with E-state index in [2.05, 4.69) is 17.3 Å². The first-order valence-corrected chi connectivity index (χ1v) is 7.44. The smallest absolute Gasteiger partial charge is 0.265 e. The lowest BCUT2D eigenvalue weighted by Crippen LogP contribution is -2.43. The second kappa shape index (κ2) is 6.43. The fraction of sp³-hybridized carbons (Fsp3) is 0.615. The van der Waals surface area contributed by atoms with Gasteiger partial charge in [-0.1, -0.05) is 0 Å². The third kappa shape index (κ3) is 3.62. The predicted molar refractivity (Wildman–Crippen MR) is 82.5 cm³/mol. The molecule has 0 saturated carbocycles. The standard InChI is InChI=1S/C13H22N4O2S/c1-16(2)13(18)12-10(14)6-11(20-12)15-7-9-8-17(3)4-5-19-9/h6,9,15H,4-5,7-8,14H2,1-3H3. The highest BCUT2D eigenvalue weighted by molar-refractivity contribution is 7.18. The molecule has 1 atom stereocenters. The molecule has 6 nitrogen and oxygen atoms in total. The molecule has 1 aliphatic rings. The monoisotopic (exact) mass is 298 g/mol. The van der Waals surface area contributed by atoms with Gasteiger partial charge in [-0.2, -0.15) is 0 Å². The first kappa shape index (κ1) is 15.1. The maximum Gasteiger partial charge on any atom is 0.265 e. The Kier molecular flexibility index (Phi) is 4.85. The van der Waals surface area contributed by atoms with Crippen LogP contribution in [0.1, 0.15) is 9.67 Å². The lowest BCUT2D eigenvalue weighted by atomic mass is 10.3. The van der Waals surface area contributed by atoms with E-state index in [4.69, 9.17) is 10.5 Å². The fourth-order valence-corrected chi connectivity index (χ4v) is 3.08. The molecule has 0 spiro atoms. The Morgan fingerprint density at radius 1 is 1.65 bits per heavy atom. The van der Waals surface area contributed by atoms with E-state index in [9.17, 15) is 4.79 Å². The van der Waals surface area contributed by atoms with Crippen LogP contribution in [0.5, 0.6) is 0 Å². The Bertz CT molecular complexity index is 475. The molecule has 0 radical (unpaired) electrons. The molecule has 1 amide bonds. The van der Waals surface area contributed by atoms with E-state index < -0.39 is 0 Å². The van der Waals surface area contributed by atoms with Gasteiger partial charge in [0, 0.05) is 33.7 Å². The number of nitrogens with zero attached hydrogens (tertiary/aromatic N) is 2. The van der Waals surface area contributed by atoms with Crippen molar-refractivity contribution in [1.29, 1.82) is 0 Å². The summed E-state index contributed by atoms with van der Waals surface area (Å²) in [6.07, 6.45) is 0.171. The summed E-state index contributed by atoms with van der Waals surface area (Å²) in [5.74, 6) is -0.0609. The predicted octanol–water partition coefficient (Wildman–Crippen LogP) is 0.775. The lowest BCUT2D eigenvalue weighted by Gasteiger charge is -2.30. The van der Waals surface area contributed by atoms with Gasteiger partial charge in [-0.15, -0.1) is 11.3 Å². The Hall–Kier alpha value is -1.31. The summed E-state index contributed by atoms with van der Waals surface area (Å²) in [4.78, 5) is 16.3. The molecular weight excluding hydrogens is 276 g/mol. The number of nitrogens with one attached hydrogen (secondary N) is 1. The quantitative estimate of drug-likeness (QED) is 0.859. The molecule has 112 valence electrons. The molecule has 1 aromatic rings. The van der Waals surface area contributed by atoms with Crippen molar-refractivity contribution in [3.63, 3.8) is 0 Å². The van der Waals surface area contributed by atoms with Gasteiger partial charge in [-0.3, -0.25) is 4.79 Å². The maximum atomic E-state index is 11.9. The van der Waals surface area contributed by atoms with Gasteiger partial charge >= 0.3 is 0 Å². The number of nitrogen functional groups attached to an aromatic ring is 1. The first-order chi connectivity index (χ1) is 9.47. The third-order valence-electron chi connectivity index (χ3n) is 3.21. The number of thiophene rings is 1. The molecule has 20 heavy (non-hydrogen) atoms. The maximum absolute atomic E-state index is 11.9. The van der Waals surface area contributed by atoms with Crippen LogP contribution in [-0.2, 0) is 4.74 Å². The van der Waals surface area contributed by atoms with Gasteiger partial charge in [0.05, 0.1) is 23.4 Å². The number of ether oxygens (including phenoxy) is 1. The number of nitrogens with two attached hydrogens (primary N) is 1. The number of hydrogen-bond acceptors (Lipinski definition) is 6. The summed E-state index contributed by atoms with van der Waals surface area (Å²) in [6, 6.07) is 1.81. The number of carbonyl (C=O) groups excluding carboxylic acids is 1. The van der Waals surface area contributed by atoms with Crippen LogP contribution in [0.2, 0.25) is 0 Å². The molecule has 7 heteroatoms. The normalized spacial score (nSPS) is 19.9. The second-order valence-electron chi connectivity index (χ2n) is 5.23. The molecule has 1 aliphatic heterocycles. The molecule has 1 fully saturated rings. The Labute approximate surface area is 123 Å². The zero-order valence-corrected chi connectivity index (χ0v) is 13.0. The highest BCUT2D eigenvalue weighted by Gasteiger charge is 2.19. The molecule has 0 aliphatic carbocycles. The van der Waals surface area contributed by atoms with Gasteiger partial charge in [0.25, 0.3) is 5.91 Å². The van der Waals surface area contributed by atoms with Crippen LogP contribution < -0.4 is 11.1 Å². The summed E-state index contributed by atoms with van der Waals surface area (Å²) < 4.78 is 5.69. The Morgan fingerprint density at radius 3 is 3.05 bits per heavy atom. The van der Waals surface area contributed by atoms with Crippen LogP contribution in [-0.4, -0.2) is 69.2 Å². The molecule has 1 aromatic heterocycles. The number of amides is 1.